The summed E-state index contributed by atoms with van der Waals surface area (Å²) in [6.07, 6.45) is 0. The van der Waals surface area contributed by atoms with Gasteiger partial charge >= 0.3 is 0 Å². The third-order valence-electron chi connectivity index (χ3n) is 6.79. The fourth-order valence-corrected chi connectivity index (χ4v) is 5.16. The first-order valence-electron chi connectivity index (χ1n) is 12.4. The van der Waals surface area contributed by atoms with Gasteiger partial charge in [-0.25, -0.2) is 14.7 Å². The molecule has 0 bridgehead atoms. The number of amidine groups is 2. The molecular weight excluding hydrogens is 456 g/mol. The van der Waals surface area contributed by atoms with Gasteiger partial charge in [0, 0.05) is 11.3 Å². The summed E-state index contributed by atoms with van der Waals surface area (Å²) in [5.41, 5.74) is 7.06. The van der Waals surface area contributed by atoms with Crippen LogP contribution in [0.4, 0.5) is 22.9 Å². The van der Waals surface area contributed by atoms with Gasteiger partial charge < -0.3 is 10.2 Å². The van der Waals surface area contributed by atoms with E-state index in [0.29, 0.717) is 5.84 Å². The van der Waals surface area contributed by atoms with Crippen LogP contribution in [-0.2, 0) is 0 Å². The minimum atomic E-state index is -0.120. The topological polar surface area (TPSA) is 57.8 Å². The average Bonchev–Trinajstić information content (AvgIpc) is 3.29. The molecule has 0 radical (unpaired) electrons. The van der Waals surface area contributed by atoms with E-state index < -0.39 is 0 Å². The summed E-state index contributed by atoms with van der Waals surface area (Å²) in [6.45, 7) is 2.07. The van der Waals surface area contributed by atoms with E-state index in [1.165, 1.54) is 5.56 Å². The molecule has 1 aromatic heterocycles. The van der Waals surface area contributed by atoms with Crippen LogP contribution in [0.3, 0.4) is 0 Å². The summed E-state index contributed by atoms with van der Waals surface area (Å²) in [4.78, 5) is 12.6. The van der Waals surface area contributed by atoms with Crippen LogP contribution in [-0.4, -0.2) is 21.5 Å². The second-order valence-electron chi connectivity index (χ2n) is 9.13. The summed E-state index contributed by atoms with van der Waals surface area (Å²) >= 11 is 0. The van der Waals surface area contributed by atoms with E-state index >= 15 is 0 Å². The first-order valence-corrected chi connectivity index (χ1v) is 12.4. The first-order chi connectivity index (χ1) is 18.3. The van der Waals surface area contributed by atoms with Gasteiger partial charge in [0.25, 0.3) is 0 Å². The van der Waals surface area contributed by atoms with Gasteiger partial charge in [0.05, 0.1) is 28.8 Å². The first kappa shape index (κ1) is 21.3. The van der Waals surface area contributed by atoms with E-state index in [1.807, 2.05) is 59.3 Å². The Kier molecular flexibility index (Phi) is 4.96. The van der Waals surface area contributed by atoms with Crippen molar-refractivity contribution in [2.75, 3.05) is 10.2 Å². The molecule has 4 aromatic carbocycles. The van der Waals surface area contributed by atoms with Gasteiger partial charge in [-0.15, -0.1) is 0 Å². The highest BCUT2D eigenvalue weighted by molar-refractivity contribution is 6.51. The number of anilines is 2. The molecule has 5 aromatic rings. The largest absolute Gasteiger partial charge is 0.337 e. The lowest BCUT2D eigenvalue weighted by Crippen LogP contribution is -2.46. The third-order valence-corrected chi connectivity index (χ3v) is 6.79. The van der Waals surface area contributed by atoms with Gasteiger partial charge in [-0.05, 0) is 48.9 Å². The Bertz CT molecular complexity index is 1650. The minimum absolute atomic E-state index is 0.120. The molecule has 1 atom stereocenters. The number of rotatable bonds is 3. The zero-order valence-corrected chi connectivity index (χ0v) is 20.3. The molecule has 2 aliphatic heterocycles. The zero-order chi connectivity index (χ0) is 24.8. The SMILES string of the molecule is Cc1nn(-c2ccccc2)c2c1[C@H](c1ccccc1)N1C(=N2)C(Nc2ccccc2)=Nc2ccccc21. The lowest BCUT2D eigenvalue weighted by Gasteiger charge is -2.40. The van der Waals surface area contributed by atoms with Crippen LogP contribution in [0.15, 0.2) is 125 Å². The second-order valence-corrected chi connectivity index (χ2v) is 9.13. The monoisotopic (exact) mass is 480 g/mol. The van der Waals surface area contributed by atoms with Crippen LogP contribution >= 0.6 is 0 Å². The smallest absolute Gasteiger partial charge is 0.179 e. The lowest BCUT2D eigenvalue weighted by atomic mass is 9.93. The predicted octanol–water partition coefficient (Wildman–Crippen LogP) is 6.98. The highest BCUT2D eigenvalue weighted by Gasteiger charge is 2.41. The molecule has 0 unspecified atom stereocenters. The minimum Gasteiger partial charge on any atom is -0.337 e. The molecule has 0 spiro atoms. The van der Waals surface area contributed by atoms with Gasteiger partial charge in [-0.3, -0.25) is 0 Å². The molecule has 0 saturated carbocycles. The molecule has 0 amide bonds. The van der Waals surface area contributed by atoms with Crippen molar-refractivity contribution in [2.24, 2.45) is 9.98 Å². The Morgan fingerprint density at radius 1 is 0.703 bits per heavy atom. The summed E-state index contributed by atoms with van der Waals surface area (Å²) < 4.78 is 1.95. The number of fused-ring (bicyclic) bond motifs is 4. The van der Waals surface area contributed by atoms with Crippen molar-refractivity contribution in [2.45, 2.75) is 13.0 Å². The highest BCUT2D eigenvalue weighted by atomic mass is 15.4. The van der Waals surface area contributed by atoms with Gasteiger partial charge in [0.2, 0.25) is 0 Å². The van der Waals surface area contributed by atoms with Gasteiger partial charge in [-0.2, -0.15) is 5.10 Å². The number of nitrogens with one attached hydrogen (secondary N) is 1. The number of hydrogen-bond donors (Lipinski definition) is 1. The third kappa shape index (κ3) is 3.53. The number of hydrogen-bond acceptors (Lipinski definition) is 5. The van der Waals surface area contributed by atoms with Crippen molar-refractivity contribution in [3.8, 4) is 5.69 Å². The summed E-state index contributed by atoms with van der Waals surface area (Å²) in [5.74, 6) is 2.29. The predicted molar refractivity (Wildman–Crippen MR) is 150 cm³/mol. The van der Waals surface area contributed by atoms with Crippen molar-refractivity contribution >= 4 is 34.6 Å². The number of aromatic nitrogens is 2. The van der Waals surface area contributed by atoms with Crippen LogP contribution in [0.25, 0.3) is 5.69 Å². The molecule has 0 saturated heterocycles. The number of aryl methyl sites for hydroxylation is 1. The molecule has 1 N–H and O–H groups in total. The van der Waals surface area contributed by atoms with Crippen LogP contribution in [0.1, 0.15) is 22.9 Å². The van der Waals surface area contributed by atoms with Crippen LogP contribution in [0.5, 0.6) is 0 Å². The molecule has 6 heteroatoms. The lowest BCUT2D eigenvalue weighted by molar-refractivity contribution is 0.815. The van der Waals surface area contributed by atoms with Crippen LogP contribution in [0, 0.1) is 6.92 Å². The van der Waals surface area contributed by atoms with E-state index in [-0.39, 0.29) is 6.04 Å². The van der Waals surface area contributed by atoms with E-state index in [9.17, 15) is 0 Å². The number of nitrogens with zero attached hydrogens (tertiary/aromatic N) is 5. The van der Waals surface area contributed by atoms with Gasteiger partial charge in [0.15, 0.2) is 17.5 Å². The van der Waals surface area contributed by atoms with E-state index in [0.717, 1.165) is 45.7 Å². The van der Waals surface area contributed by atoms with Crippen molar-refractivity contribution in [3.63, 3.8) is 0 Å². The molecule has 7 rings (SSSR count). The molecule has 0 fully saturated rings. The van der Waals surface area contributed by atoms with E-state index in [1.54, 1.807) is 0 Å². The van der Waals surface area contributed by atoms with Gasteiger partial charge in [0.1, 0.15) is 0 Å². The van der Waals surface area contributed by atoms with Crippen molar-refractivity contribution < 1.29 is 0 Å². The average molecular weight is 481 g/mol. The van der Waals surface area contributed by atoms with E-state index in [4.69, 9.17) is 15.1 Å². The maximum atomic E-state index is 5.27. The standard InChI is InChI=1S/C31H24N6/c1-21-27-28(22-13-5-2-6-14-22)36-26-20-12-11-19-25(26)33-29(32-23-15-7-3-8-16-23)31(36)34-30(27)37(35-21)24-17-9-4-10-18-24/h2-20,28H,1H3,(H,32,33)/t28-/m0/s1. The Morgan fingerprint density at radius 3 is 2.11 bits per heavy atom. The second kappa shape index (κ2) is 8.60. The summed E-state index contributed by atoms with van der Waals surface area (Å²) in [5, 5.41) is 8.52. The Balaban J connectivity index is 1.51. The summed E-state index contributed by atoms with van der Waals surface area (Å²) in [7, 11) is 0. The Hall–Kier alpha value is -4.97. The molecule has 178 valence electrons. The molecule has 3 heterocycles. The molecule has 6 nitrogen and oxygen atoms in total. The Labute approximate surface area is 215 Å². The number of benzene rings is 4. The zero-order valence-electron chi connectivity index (χ0n) is 20.3. The number of aliphatic imine (C=N–C) groups is 2. The quantitative estimate of drug-likeness (QED) is 0.303. The fraction of sp³-hybridized carbons (Fsp3) is 0.0645. The molecule has 2 aliphatic rings. The molecule has 37 heavy (non-hydrogen) atoms. The highest BCUT2D eigenvalue weighted by Crippen LogP contribution is 2.48. The fourth-order valence-electron chi connectivity index (χ4n) is 5.16. The molecular formula is C31H24N6. The van der Waals surface area contributed by atoms with Crippen LogP contribution in [0.2, 0.25) is 0 Å². The number of para-hydroxylation sites is 4. The van der Waals surface area contributed by atoms with Crippen molar-refractivity contribution in [3.05, 3.63) is 132 Å². The summed E-state index contributed by atoms with van der Waals surface area (Å²) in [6, 6.07) is 39.0. The maximum absolute atomic E-state index is 5.27. The maximum Gasteiger partial charge on any atom is 0.179 e. The van der Waals surface area contributed by atoms with Crippen molar-refractivity contribution in [1.82, 2.24) is 9.78 Å². The van der Waals surface area contributed by atoms with Gasteiger partial charge in [-0.1, -0.05) is 78.9 Å². The Morgan fingerprint density at radius 2 is 1.35 bits per heavy atom. The van der Waals surface area contributed by atoms with E-state index in [2.05, 4.69) is 77.8 Å². The van der Waals surface area contributed by atoms with Crippen LogP contribution < -0.4 is 10.2 Å². The normalized spacial score (nSPS) is 15.7. The molecule has 0 aliphatic carbocycles. The van der Waals surface area contributed by atoms with Crippen molar-refractivity contribution in [1.29, 1.82) is 0 Å².